The largest absolute Gasteiger partial charge is 0.330 e. The maximum atomic E-state index is 12.5. The molecule has 2 heterocycles. The second-order valence-electron chi connectivity index (χ2n) is 4.69. The van der Waals surface area contributed by atoms with Gasteiger partial charge in [0.2, 0.25) is 5.03 Å². The minimum atomic E-state index is -3.96. The minimum absolute atomic E-state index is 0.0845. The molecule has 0 aromatic carbocycles. The van der Waals surface area contributed by atoms with Crippen molar-refractivity contribution in [2.24, 2.45) is 11.7 Å². The minimum Gasteiger partial charge on any atom is -0.330 e. The van der Waals surface area contributed by atoms with Gasteiger partial charge in [0.05, 0.1) is 4.92 Å². The Bertz CT molecular complexity index is 604. The summed E-state index contributed by atoms with van der Waals surface area (Å²) in [6.45, 7) is 1.02. The Hall–Kier alpha value is -1.58. The van der Waals surface area contributed by atoms with Crippen LogP contribution in [0.1, 0.15) is 12.8 Å². The summed E-state index contributed by atoms with van der Waals surface area (Å²) < 4.78 is 26.2. The number of pyridine rings is 1. The van der Waals surface area contributed by atoms with Crippen molar-refractivity contribution in [3.05, 3.63) is 28.4 Å². The lowest BCUT2D eigenvalue weighted by molar-refractivity contribution is -0.388. The Morgan fingerprint density at radius 2 is 2.30 bits per heavy atom. The predicted octanol–water partition coefficient (Wildman–Crippen LogP) is 0.349. The second kappa shape index (κ2) is 5.81. The van der Waals surface area contributed by atoms with Gasteiger partial charge in [0.1, 0.15) is 0 Å². The van der Waals surface area contributed by atoms with E-state index < -0.39 is 25.7 Å². The maximum Gasteiger partial charge on any atom is 0.308 e. The molecule has 1 unspecified atom stereocenters. The molecule has 0 spiro atoms. The monoisotopic (exact) mass is 300 g/mol. The summed E-state index contributed by atoms with van der Waals surface area (Å²) in [6.07, 6.45) is 2.80. The number of hydrogen-bond acceptors (Lipinski definition) is 6. The van der Waals surface area contributed by atoms with Gasteiger partial charge in [0.25, 0.3) is 10.0 Å². The molecule has 2 rings (SSSR count). The molecule has 0 amide bonds. The van der Waals surface area contributed by atoms with Gasteiger partial charge in [-0.25, -0.2) is 13.4 Å². The number of nitrogens with zero attached hydrogens (tertiary/aromatic N) is 3. The lowest BCUT2D eigenvalue weighted by atomic mass is 10.0. The highest BCUT2D eigenvalue weighted by Crippen LogP contribution is 2.27. The van der Waals surface area contributed by atoms with Crippen LogP contribution in [0.4, 0.5) is 5.69 Å². The van der Waals surface area contributed by atoms with E-state index in [-0.39, 0.29) is 12.5 Å². The van der Waals surface area contributed by atoms with E-state index in [1.54, 1.807) is 0 Å². The normalized spacial score (nSPS) is 20.8. The highest BCUT2D eigenvalue weighted by Gasteiger charge is 2.35. The SMILES string of the molecule is NCC1CCCN(S(=O)(=O)c2ncccc2[N+](=O)[O-])C1. The average molecular weight is 300 g/mol. The summed E-state index contributed by atoms with van der Waals surface area (Å²) >= 11 is 0. The first-order valence-electron chi connectivity index (χ1n) is 6.26. The fraction of sp³-hybridized carbons (Fsp3) is 0.545. The molecule has 8 nitrogen and oxygen atoms in total. The molecule has 1 atom stereocenters. The molecule has 9 heteroatoms. The van der Waals surface area contributed by atoms with E-state index in [2.05, 4.69) is 4.98 Å². The van der Waals surface area contributed by atoms with Gasteiger partial charge >= 0.3 is 5.69 Å². The van der Waals surface area contributed by atoms with Crippen molar-refractivity contribution >= 4 is 15.7 Å². The van der Waals surface area contributed by atoms with Crippen LogP contribution >= 0.6 is 0 Å². The van der Waals surface area contributed by atoms with Crippen molar-refractivity contribution in [1.82, 2.24) is 9.29 Å². The Morgan fingerprint density at radius 1 is 1.55 bits per heavy atom. The first-order valence-corrected chi connectivity index (χ1v) is 7.70. The molecule has 0 saturated carbocycles. The van der Waals surface area contributed by atoms with Gasteiger partial charge in [0, 0.05) is 25.4 Å². The topological polar surface area (TPSA) is 119 Å². The third-order valence-corrected chi connectivity index (χ3v) is 5.16. The number of nitro groups is 1. The van der Waals surface area contributed by atoms with Crippen LogP contribution in [-0.2, 0) is 10.0 Å². The van der Waals surface area contributed by atoms with Crippen LogP contribution in [0.25, 0.3) is 0 Å². The van der Waals surface area contributed by atoms with Crippen molar-refractivity contribution < 1.29 is 13.3 Å². The zero-order valence-corrected chi connectivity index (χ0v) is 11.6. The fourth-order valence-corrected chi connectivity index (χ4v) is 3.90. The standard InChI is InChI=1S/C11H16N4O4S/c12-7-9-3-2-6-14(8-9)20(18,19)11-10(15(16)17)4-1-5-13-11/h1,4-5,9H,2-3,6-8,12H2. The van der Waals surface area contributed by atoms with Gasteiger partial charge in [-0.2, -0.15) is 4.31 Å². The van der Waals surface area contributed by atoms with Crippen LogP contribution < -0.4 is 5.73 Å². The van der Waals surface area contributed by atoms with Gasteiger partial charge in [-0.1, -0.05) is 0 Å². The first-order chi connectivity index (χ1) is 9.46. The summed E-state index contributed by atoms with van der Waals surface area (Å²) in [6, 6.07) is 2.49. The molecule has 1 aromatic heterocycles. The molecule has 20 heavy (non-hydrogen) atoms. The van der Waals surface area contributed by atoms with Crippen LogP contribution in [0.3, 0.4) is 0 Å². The smallest absolute Gasteiger partial charge is 0.308 e. The Balaban J connectivity index is 2.38. The molecule has 1 aromatic rings. The maximum absolute atomic E-state index is 12.5. The van der Waals surface area contributed by atoms with Crippen LogP contribution in [0, 0.1) is 16.0 Å². The van der Waals surface area contributed by atoms with Crippen LogP contribution in [-0.4, -0.2) is 42.3 Å². The van der Waals surface area contributed by atoms with E-state index in [1.165, 1.54) is 16.6 Å². The Morgan fingerprint density at radius 3 is 2.95 bits per heavy atom. The number of rotatable bonds is 4. The molecule has 110 valence electrons. The highest BCUT2D eigenvalue weighted by molar-refractivity contribution is 7.89. The third kappa shape index (κ3) is 2.79. The fourth-order valence-electron chi connectivity index (χ4n) is 2.28. The molecular weight excluding hydrogens is 284 g/mol. The highest BCUT2D eigenvalue weighted by atomic mass is 32.2. The molecule has 1 saturated heterocycles. The van der Waals surface area contributed by atoms with E-state index in [0.29, 0.717) is 19.5 Å². The summed E-state index contributed by atoms with van der Waals surface area (Å²) in [5, 5.41) is 10.4. The summed E-state index contributed by atoms with van der Waals surface area (Å²) in [5.74, 6) is 0.0845. The van der Waals surface area contributed by atoms with E-state index >= 15 is 0 Å². The van der Waals surface area contributed by atoms with Crippen molar-refractivity contribution in [3.63, 3.8) is 0 Å². The predicted molar refractivity (Wildman–Crippen MR) is 71.4 cm³/mol. The average Bonchev–Trinajstić information content (AvgIpc) is 2.47. The lowest BCUT2D eigenvalue weighted by Crippen LogP contribution is -2.42. The van der Waals surface area contributed by atoms with Crippen LogP contribution in [0.2, 0.25) is 0 Å². The van der Waals surface area contributed by atoms with Crippen molar-refractivity contribution in [1.29, 1.82) is 0 Å². The number of hydrogen-bond donors (Lipinski definition) is 1. The van der Waals surface area contributed by atoms with E-state index in [1.807, 2.05) is 0 Å². The Labute approximate surface area is 116 Å². The molecular formula is C11H16N4O4S. The van der Waals surface area contributed by atoms with Crippen molar-refractivity contribution in [3.8, 4) is 0 Å². The van der Waals surface area contributed by atoms with Crippen molar-refractivity contribution in [2.75, 3.05) is 19.6 Å². The Kier molecular flexibility index (Phi) is 4.31. The van der Waals surface area contributed by atoms with E-state index in [4.69, 9.17) is 5.73 Å². The summed E-state index contributed by atoms with van der Waals surface area (Å²) in [4.78, 5) is 13.9. The molecule has 0 aliphatic carbocycles. The zero-order chi connectivity index (χ0) is 14.8. The molecule has 1 aliphatic rings. The van der Waals surface area contributed by atoms with Crippen LogP contribution in [0.5, 0.6) is 0 Å². The molecule has 1 aliphatic heterocycles. The number of piperidine rings is 1. The van der Waals surface area contributed by atoms with Crippen LogP contribution in [0.15, 0.2) is 23.4 Å². The number of nitrogens with two attached hydrogens (primary N) is 1. The van der Waals surface area contributed by atoms with E-state index in [9.17, 15) is 18.5 Å². The van der Waals surface area contributed by atoms with E-state index in [0.717, 1.165) is 12.5 Å². The van der Waals surface area contributed by atoms with Gasteiger partial charge < -0.3 is 5.73 Å². The number of aromatic nitrogens is 1. The lowest BCUT2D eigenvalue weighted by Gasteiger charge is -2.30. The van der Waals surface area contributed by atoms with Gasteiger partial charge in [-0.3, -0.25) is 10.1 Å². The summed E-state index contributed by atoms with van der Waals surface area (Å²) in [7, 11) is -3.96. The van der Waals surface area contributed by atoms with Gasteiger partial charge in [-0.05, 0) is 31.4 Å². The molecule has 0 radical (unpaired) electrons. The van der Waals surface area contributed by atoms with Gasteiger partial charge in [0.15, 0.2) is 0 Å². The third-order valence-electron chi connectivity index (χ3n) is 3.35. The molecule has 0 bridgehead atoms. The first kappa shape index (κ1) is 14.8. The van der Waals surface area contributed by atoms with Gasteiger partial charge in [-0.15, -0.1) is 0 Å². The zero-order valence-electron chi connectivity index (χ0n) is 10.8. The quantitative estimate of drug-likeness (QED) is 0.633. The number of sulfonamides is 1. The molecule has 1 fully saturated rings. The summed E-state index contributed by atoms with van der Waals surface area (Å²) in [5.41, 5.74) is 5.08. The van der Waals surface area contributed by atoms with Crippen molar-refractivity contribution in [2.45, 2.75) is 17.9 Å². The second-order valence-corrected chi connectivity index (χ2v) is 6.55. The molecule has 2 N–H and O–H groups in total.